The van der Waals surface area contributed by atoms with E-state index in [4.69, 9.17) is 16.3 Å². The van der Waals surface area contributed by atoms with Crippen LogP contribution in [0.25, 0.3) is 0 Å². The number of halogens is 1. The normalized spacial score (nSPS) is 18.7. The van der Waals surface area contributed by atoms with E-state index in [1.54, 1.807) is 24.3 Å². The fraction of sp³-hybridized carbons (Fsp3) is 0.550. The summed E-state index contributed by atoms with van der Waals surface area (Å²) in [6.07, 6.45) is 3.35. The number of hydrogen-bond acceptors (Lipinski definition) is 4. The molecular weight excluding hydrogens is 368 g/mol. The Morgan fingerprint density at radius 3 is 2.30 bits per heavy atom. The number of hydrogen-bond donors (Lipinski definition) is 1. The van der Waals surface area contributed by atoms with Crippen molar-refractivity contribution in [1.82, 2.24) is 10.2 Å². The highest BCUT2D eigenvalue weighted by Gasteiger charge is 2.36. The molecule has 27 heavy (non-hydrogen) atoms. The number of amides is 2. The second kappa shape index (κ2) is 8.74. The van der Waals surface area contributed by atoms with Crippen LogP contribution in [-0.4, -0.2) is 42.9 Å². The maximum Gasteiger partial charge on any atom is 0.307 e. The van der Waals surface area contributed by atoms with Gasteiger partial charge in [-0.2, -0.15) is 0 Å². The predicted molar refractivity (Wildman–Crippen MR) is 101 cm³/mol. The van der Waals surface area contributed by atoms with Crippen LogP contribution >= 0.6 is 11.6 Å². The summed E-state index contributed by atoms with van der Waals surface area (Å²) in [6.45, 7) is 1.24. The number of carbonyl (C=O) groups is 3. The number of piperidine rings is 1. The van der Waals surface area contributed by atoms with Crippen LogP contribution in [0.4, 0.5) is 0 Å². The molecule has 2 amide bonds. The lowest BCUT2D eigenvalue weighted by atomic mass is 9.94. The first-order chi connectivity index (χ1) is 13.0. The molecule has 0 radical (unpaired) electrons. The van der Waals surface area contributed by atoms with Crippen LogP contribution in [0.1, 0.15) is 43.7 Å². The van der Waals surface area contributed by atoms with Gasteiger partial charge in [0.1, 0.15) is 0 Å². The first-order valence-electron chi connectivity index (χ1n) is 9.39. The largest absolute Gasteiger partial charge is 0.469 e. The molecule has 0 spiro atoms. The number of ether oxygens (including phenoxy) is 1. The molecule has 0 aromatic heterocycles. The van der Waals surface area contributed by atoms with Gasteiger partial charge >= 0.3 is 5.97 Å². The van der Waals surface area contributed by atoms with Crippen molar-refractivity contribution < 1.29 is 19.1 Å². The Bertz CT molecular complexity index is 694. The lowest BCUT2D eigenvalue weighted by Gasteiger charge is -2.32. The Morgan fingerprint density at radius 2 is 1.74 bits per heavy atom. The van der Waals surface area contributed by atoms with Gasteiger partial charge in [-0.15, -0.1) is 0 Å². The molecule has 1 aromatic carbocycles. The maximum atomic E-state index is 12.7. The second-order valence-corrected chi connectivity index (χ2v) is 7.70. The Balaban J connectivity index is 1.59. The molecule has 2 fully saturated rings. The van der Waals surface area contributed by atoms with Gasteiger partial charge in [-0.05, 0) is 43.4 Å². The Kier molecular flexibility index (Phi) is 6.37. The summed E-state index contributed by atoms with van der Waals surface area (Å²) in [5.74, 6) is -0.179. The number of esters is 1. The Labute approximate surface area is 164 Å². The fourth-order valence-electron chi connectivity index (χ4n) is 3.44. The molecule has 1 atom stereocenters. The van der Waals surface area contributed by atoms with E-state index in [0.717, 1.165) is 18.4 Å². The zero-order valence-corrected chi connectivity index (χ0v) is 16.2. The highest BCUT2D eigenvalue weighted by atomic mass is 35.5. The molecule has 7 heteroatoms. The van der Waals surface area contributed by atoms with Crippen molar-refractivity contribution in [2.45, 2.75) is 38.1 Å². The smallest absolute Gasteiger partial charge is 0.307 e. The summed E-state index contributed by atoms with van der Waals surface area (Å²) in [7, 11) is 1.33. The third kappa shape index (κ3) is 5.22. The first-order valence-corrected chi connectivity index (χ1v) is 9.77. The minimum atomic E-state index is -0.464. The van der Waals surface area contributed by atoms with Crippen molar-refractivity contribution in [2.24, 2.45) is 11.8 Å². The van der Waals surface area contributed by atoms with Crippen LogP contribution in [0.2, 0.25) is 5.02 Å². The number of rotatable bonds is 6. The lowest BCUT2D eigenvalue weighted by molar-refractivity contribution is -0.142. The molecule has 1 heterocycles. The summed E-state index contributed by atoms with van der Waals surface area (Å²) in [5, 5.41) is 3.57. The number of nitrogens with one attached hydrogen (secondary N) is 1. The van der Waals surface area contributed by atoms with Crippen molar-refractivity contribution in [3.8, 4) is 0 Å². The molecule has 0 bridgehead atoms. The standard InChI is InChI=1S/C20H25ClN2O4/c1-27-18(24)12-17(13-4-6-16(21)7-5-13)22-19(25)14-8-10-23(11-9-14)20(26)15-2-3-15/h4-7,14-15,17H,2-3,8-12H2,1H3,(H,22,25). The average Bonchev–Trinajstić information content (AvgIpc) is 3.52. The highest BCUT2D eigenvalue weighted by molar-refractivity contribution is 6.30. The summed E-state index contributed by atoms with van der Waals surface area (Å²) >= 11 is 5.93. The average molecular weight is 393 g/mol. The minimum absolute atomic E-state index is 0.0584. The van der Waals surface area contributed by atoms with Gasteiger partial charge in [0.2, 0.25) is 11.8 Å². The van der Waals surface area contributed by atoms with Crippen molar-refractivity contribution in [3.63, 3.8) is 0 Å². The summed E-state index contributed by atoms with van der Waals surface area (Å²) in [4.78, 5) is 38.5. The van der Waals surface area contributed by atoms with Crippen molar-refractivity contribution in [3.05, 3.63) is 34.9 Å². The Morgan fingerprint density at radius 1 is 1.11 bits per heavy atom. The van der Waals surface area contributed by atoms with E-state index >= 15 is 0 Å². The lowest BCUT2D eigenvalue weighted by Crippen LogP contribution is -2.44. The summed E-state index contributed by atoms with van der Waals surface area (Å²) in [5.41, 5.74) is 0.805. The van der Waals surface area contributed by atoms with E-state index in [0.29, 0.717) is 31.0 Å². The van der Waals surface area contributed by atoms with Crippen LogP contribution in [0.15, 0.2) is 24.3 Å². The van der Waals surface area contributed by atoms with E-state index < -0.39 is 6.04 Å². The maximum absolute atomic E-state index is 12.7. The molecule has 1 aliphatic heterocycles. The van der Waals surface area contributed by atoms with Crippen LogP contribution in [0.5, 0.6) is 0 Å². The molecule has 1 aromatic rings. The third-order valence-corrected chi connectivity index (χ3v) is 5.54. The zero-order chi connectivity index (χ0) is 19.4. The predicted octanol–water partition coefficient (Wildman–Crippen LogP) is 2.71. The van der Waals surface area contributed by atoms with Gasteiger partial charge in [0, 0.05) is 29.9 Å². The van der Waals surface area contributed by atoms with Gasteiger partial charge in [0.05, 0.1) is 19.6 Å². The van der Waals surface area contributed by atoms with E-state index in [1.165, 1.54) is 7.11 Å². The molecule has 6 nitrogen and oxygen atoms in total. The van der Waals surface area contributed by atoms with Crippen molar-refractivity contribution >= 4 is 29.4 Å². The number of benzene rings is 1. The van der Waals surface area contributed by atoms with Gasteiger partial charge in [0.15, 0.2) is 0 Å². The van der Waals surface area contributed by atoms with E-state index in [9.17, 15) is 14.4 Å². The third-order valence-electron chi connectivity index (χ3n) is 5.29. The van der Waals surface area contributed by atoms with Crippen LogP contribution in [0.3, 0.4) is 0 Å². The molecule has 1 saturated carbocycles. The van der Waals surface area contributed by atoms with Crippen LogP contribution < -0.4 is 5.32 Å². The fourth-order valence-corrected chi connectivity index (χ4v) is 3.56. The van der Waals surface area contributed by atoms with Crippen molar-refractivity contribution in [2.75, 3.05) is 20.2 Å². The summed E-state index contributed by atoms with van der Waals surface area (Å²) in [6, 6.07) is 6.60. The Hall–Kier alpha value is -2.08. The van der Waals surface area contributed by atoms with E-state index in [-0.39, 0.29) is 36.0 Å². The topological polar surface area (TPSA) is 75.7 Å². The van der Waals surface area contributed by atoms with Crippen molar-refractivity contribution in [1.29, 1.82) is 0 Å². The molecule has 1 saturated heterocycles. The molecular formula is C20H25ClN2O4. The van der Waals surface area contributed by atoms with Crippen LogP contribution in [0, 0.1) is 11.8 Å². The minimum Gasteiger partial charge on any atom is -0.469 e. The van der Waals surface area contributed by atoms with E-state index in [1.807, 2.05) is 4.90 Å². The number of nitrogens with zero attached hydrogens (tertiary/aromatic N) is 1. The number of methoxy groups -OCH3 is 1. The van der Waals surface area contributed by atoms with Crippen LogP contribution in [-0.2, 0) is 19.1 Å². The summed E-state index contributed by atoms with van der Waals surface area (Å²) < 4.78 is 4.76. The molecule has 1 aliphatic carbocycles. The quantitative estimate of drug-likeness (QED) is 0.755. The zero-order valence-electron chi connectivity index (χ0n) is 15.4. The SMILES string of the molecule is COC(=O)CC(NC(=O)C1CCN(C(=O)C2CC2)CC1)c1ccc(Cl)cc1. The van der Waals surface area contributed by atoms with E-state index in [2.05, 4.69) is 5.32 Å². The number of likely N-dealkylation sites (tertiary alicyclic amines) is 1. The van der Waals surface area contributed by atoms with Gasteiger partial charge in [-0.3, -0.25) is 14.4 Å². The first kappa shape index (κ1) is 19.7. The molecule has 146 valence electrons. The molecule has 1 unspecified atom stereocenters. The molecule has 1 N–H and O–H groups in total. The monoisotopic (exact) mass is 392 g/mol. The molecule has 2 aliphatic rings. The second-order valence-electron chi connectivity index (χ2n) is 7.27. The number of carbonyl (C=O) groups excluding carboxylic acids is 3. The molecule has 3 rings (SSSR count). The highest BCUT2D eigenvalue weighted by Crippen LogP contribution is 2.32. The van der Waals surface area contributed by atoms with Gasteiger partial charge in [-0.1, -0.05) is 23.7 Å². The van der Waals surface area contributed by atoms with Gasteiger partial charge < -0.3 is 15.0 Å². The van der Waals surface area contributed by atoms with Gasteiger partial charge in [-0.25, -0.2) is 0 Å². The van der Waals surface area contributed by atoms with Gasteiger partial charge in [0.25, 0.3) is 0 Å².